The average molecular weight is 217 g/mol. The van der Waals surface area contributed by atoms with E-state index in [1.165, 1.54) is 12.8 Å². The normalized spacial score (nSPS) is 33.2. The van der Waals surface area contributed by atoms with Gasteiger partial charge in [0.1, 0.15) is 0 Å². The number of unbranched alkanes of at least 4 members (excludes halogenated alkanes) is 2. The summed E-state index contributed by atoms with van der Waals surface area (Å²) in [4.78, 5) is 2.09. The molecule has 1 rings (SSSR count). The zero-order chi connectivity index (χ0) is 11.3. The SMILES string of the molecule is CCCCCN1CC[C@@H](O)[C@H](O)[C@H]1CO. The fourth-order valence-electron chi connectivity index (χ4n) is 2.17. The third-order valence-electron chi connectivity index (χ3n) is 3.21. The van der Waals surface area contributed by atoms with E-state index in [1.807, 2.05) is 0 Å². The van der Waals surface area contributed by atoms with Crippen LogP contribution in [-0.2, 0) is 0 Å². The fraction of sp³-hybridized carbons (Fsp3) is 1.00. The molecule has 0 aliphatic carbocycles. The van der Waals surface area contributed by atoms with Gasteiger partial charge in [0.05, 0.1) is 24.9 Å². The highest BCUT2D eigenvalue weighted by atomic mass is 16.3. The Morgan fingerprint density at radius 1 is 1.27 bits per heavy atom. The van der Waals surface area contributed by atoms with Crippen LogP contribution in [0.1, 0.15) is 32.6 Å². The molecule has 0 aromatic rings. The Bertz CT molecular complexity index is 177. The maximum Gasteiger partial charge on any atom is 0.0976 e. The van der Waals surface area contributed by atoms with Crippen LogP contribution in [-0.4, -0.2) is 58.2 Å². The molecule has 90 valence electrons. The van der Waals surface area contributed by atoms with Crippen molar-refractivity contribution in [2.75, 3.05) is 19.7 Å². The second-order valence-corrected chi connectivity index (χ2v) is 4.34. The molecular weight excluding hydrogens is 194 g/mol. The molecule has 0 unspecified atom stereocenters. The first-order valence-electron chi connectivity index (χ1n) is 5.91. The molecule has 0 bridgehead atoms. The van der Waals surface area contributed by atoms with E-state index < -0.39 is 12.2 Å². The molecule has 1 fully saturated rings. The van der Waals surface area contributed by atoms with Crippen LogP contribution in [0.2, 0.25) is 0 Å². The standard InChI is InChI=1S/C11H23NO3/c1-2-3-4-6-12-7-5-10(14)11(15)9(12)8-13/h9-11,13-15H,2-8H2,1H3/t9-,10-,11-/m1/s1. The number of piperidine rings is 1. The Labute approximate surface area is 91.5 Å². The lowest BCUT2D eigenvalue weighted by molar-refractivity contribution is -0.0896. The molecule has 0 aromatic carbocycles. The van der Waals surface area contributed by atoms with E-state index in [4.69, 9.17) is 0 Å². The summed E-state index contributed by atoms with van der Waals surface area (Å²) in [6, 6.07) is -0.286. The quantitative estimate of drug-likeness (QED) is 0.566. The van der Waals surface area contributed by atoms with Crippen LogP contribution >= 0.6 is 0 Å². The highest BCUT2D eigenvalue weighted by Crippen LogP contribution is 2.18. The maximum atomic E-state index is 9.71. The molecular formula is C11H23NO3. The van der Waals surface area contributed by atoms with Gasteiger partial charge in [-0.05, 0) is 19.4 Å². The monoisotopic (exact) mass is 217 g/mol. The lowest BCUT2D eigenvalue weighted by atomic mass is 9.96. The summed E-state index contributed by atoms with van der Waals surface area (Å²) in [6.45, 7) is 3.75. The molecule has 3 N–H and O–H groups in total. The molecule has 15 heavy (non-hydrogen) atoms. The molecule has 0 radical (unpaired) electrons. The molecule has 0 saturated carbocycles. The van der Waals surface area contributed by atoms with Crippen LogP contribution in [0.15, 0.2) is 0 Å². The summed E-state index contributed by atoms with van der Waals surface area (Å²) in [5.74, 6) is 0. The molecule has 0 aromatic heterocycles. The molecule has 1 aliphatic heterocycles. The lowest BCUT2D eigenvalue weighted by Gasteiger charge is -2.40. The lowest BCUT2D eigenvalue weighted by Crippen LogP contribution is -2.56. The smallest absolute Gasteiger partial charge is 0.0976 e. The van der Waals surface area contributed by atoms with Crippen molar-refractivity contribution in [3.05, 3.63) is 0 Å². The number of aliphatic hydroxyl groups is 3. The Balaban J connectivity index is 2.41. The molecule has 0 spiro atoms. The van der Waals surface area contributed by atoms with Crippen LogP contribution in [0.3, 0.4) is 0 Å². The van der Waals surface area contributed by atoms with Crippen LogP contribution in [0.4, 0.5) is 0 Å². The molecule has 1 heterocycles. The fourth-order valence-corrected chi connectivity index (χ4v) is 2.17. The second-order valence-electron chi connectivity index (χ2n) is 4.34. The van der Waals surface area contributed by atoms with Crippen LogP contribution in [0, 0.1) is 0 Å². The minimum absolute atomic E-state index is 0.0790. The van der Waals surface area contributed by atoms with Gasteiger partial charge < -0.3 is 15.3 Å². The third kappa shape index (κ3) is 3.41. The zero-order valence-corrected chi connectivity index (χ0v) is 9.47. The third-order valence-corrected chi connectivity index (χ3v) is 3.21. The Hall–Kier alpha value is -0.160. The average Bonchev–Trinajstić information content (AvgIpc) is 2.24. The van der Waals surface area contributed by atoms with Crippen LogP contribution < -0.4 is 0 Å². The van der Waals surface area contributed by atoms with Crippen LogP contribution in [0.25, 0.3) is 0 Å². The minimum atomic E-state index is -0.801. The summed E-state index contributed by atoms with van der Waals surface area (Å²) in [7, 11) is 0. The van der Waals surface area contributed by atoms with Gasteiger partial charge in [0.25, 0.3) is 0 Å². The number of aliphatic hydroxyl groups excluding tert-OH is 3. The number of rotatable bonds is 5. The zero-order valence-electron chi connectivity index (χ0n) is 9.47. The summed E-state index contributed by atoms with van der Waals surface area (Å²) >= 11 is 0. The van der Waals surface area contributed by atoms with Gasteiger partial charge in [-0.3, -0.25) is 4.90 Å². The number of hydrogen-bond acceptors (Lipinski definition) is 4. The molecule has 4 nitrogen and oxygen atoms in total. The van der Waals surface area contributed by atoms with Gasteiger partial charge in [-0.2, -0.15) is 0 Å². The summed E-state index contributed by atoms with van der Waals surface area (Å²) < 4.78 is 0. The van der Waals surface area contributed by atoms with Gasteiger partial charge >= 0.3 is 0 Å². The van der Waals surface area contributed by atoms with Crippen molar-refractivity contribution in [3.8, 4) is 0 Å². The van der Waals surface area contributed by atoms with Crippen molar-refractivity contribution in [1.82, 2.24) is 4.90 Å². The maximum absolute atomic E-state index is 9.71. The van der Waals surface area contributed by atoms with E-state index in [0.717, 1.165) is 19.5 Å². The largest absolute Gasteiger partial charge is 0.395 e. The van der Waals surface area contributed by atoms with Gasteiger partial charge in [-0.25, -0.2) is 0 Å². The molecule has 0 amide bonds. The van der Waals surface area contributed by atoms with Crippen molar-refractivity contribution in [2.45, 2.75) is 50.9 Å². The van der Waals surface area contributed by atoms with Gasteiger partial charge in [-0.1, -0.05) is 19.8 Å². The first kappa shape index (κ1) is 12.9. The van der Waals surface area contributed by atoms with Crippen molar-refractivity contribution in [3.63, 3.8) is 0 Å². The predicted octanol–water partition coefficient (Wildman–Crippen LogP) is -0.0350. The minimum Gasteiger partial charge on any atom is -0.395 e. The van der Waals surface area contributed by atoms with E-state index in [1.54, 1.807) is 0 Å². The Morgan fingerprint density at radius 3 is 2.60 bits per heavy atom. The highest BCUT2D eigenvalue weighted by Gasteiger charge is 2.34. The number of nitrogens with zero attached hydrogens (tertiary/aromatic N) is 1. The van der Waals surface area contributed by atoms with E-state index >= 15 is 0 Å². The Kier molecular flexibility index (Phi) is 5.53. The summed E-state index contributed by atoms with van der Waals surface area (Å²) in [5.41, 5.74) is 0. The van der Waals surface area contributed by atoms with Crippen molar-refractivity contribution < 1.29 is 15.3 Å². The van der Waals surface area contributed by atoms with Crippen molar-refractivity contribution >= 4 is 0 Å². The van der Waals surface area contributed by atoms with Gasteiger partial charge in [0, 0.05) is 6.54 Å². The van der Waals surface area contributed by atoms with Crippen LogP contribution in [0.5, 0.6) is 0 Å². The van der Waals surface area contributed by atoms with Gasteiger partial charge in [-0.15, -0.1) is 0 Å². The predicted molar refractivity (Wildman–Crippen MR) is 58.6 cm³/mol. The van der Waals surface area contributed by atoms with Crippen molar-refractivity contribution in [2.24, 2.45) is 0 Å². The highest BCUT2D eigenvalue weighted by molar-refractivity contribution is 4.88. The molecule has 3 atom stereocenters. The first-order valence-corrected chi connectivity index (χ1v) is 5.91. The summed E-state index contributed by atoms with van der Waals surface area (Å²) in [6.07, 6.45) is 2.56. The van der Waals surface area contributed by atoms with Gasteiger partial charge in [0.2, 0.25) is 0 Å². The van der Waals surface area contributed by atoms with Gasteiger partial charge in [0.15, 0.2) is 0 Å². The number of likely N-dealkylation sites (tertiary alicyclic amines) is 1. The van der Waals surface area contributed by atoms with E-state index in [9.17, 15) is 15.3 Å². The first-order chi connectivity index (χ1) is 7.20. The van der Waals surface area contributed by atoms with E-state index in [2.05, 4.69) is 11.8 Å². The van der Waals surface area contributed by atoms with E-state index in [-0.39, 0.29) is 12.6 Å². The Morgan fingerprint density at radius 2 is 2.00 bits per heavy atom. The second kappa shape index (κ2) is 6.43. The van der Waals surface area contributed by atoms with E-state index in [0.29, 0.717) is 6.42 Å². The molecule has 1 saturated heterocycles. The number of hydrogen-bond donors (Lipinski definition) is 3. The molecule has 1 aliphatic rings. The molecule has 4 heteroatoms. The topological polar surface area (TPSA) is 63.9 Å². The van der Waals surface area contributed by atoms with Crippen molar-refractivity contribution in [1.29, 1.82) is 0 Å². The summed E-state index contributed by atoms with van der Waals surface area (Å²) in [5, 5.41) is 28.4.